The van der Waals surface area contributed by atoms with Gasteiger partial charge in [0.25, 0.3) is 0 Å². The Bertz CT molecular complexity index is 441. The van der Waals surface area contributed by atoms with E-state index < -0.39 is 0 Å². The SMILES string of the molecule is C1=C/C(=C/Cc2ccc(CC3CCCC3)cc2)C1. The van der Waals surface area contributed by atoms with Crippen LogP contribution in [0.3, 0.4) is 0 Å². The Labute approximate surface area is 110 Å². The number of rotatable bonds is 4. The third-order valence-electron chi connectivity index (χ3n) is 4.31. The summed E-state index contributed by atoms with van der Waals surface area (Å²) < 4.78 is 0. The zero-order valence-electron chi connectivity index (χ0n) is 11.1. The van der Waals surface area contributed by atoms with E-state index in [0.29, 0.717) is 0 Å². The molecule has 94 valence electrons. The molecule has 0 atom stereocenters. The van der Waals surface area contributed by atoms with Crippen molar-refractivity contribution < 1.29 is 0 Å². The van der Waals surface area contributed by atoms with E-state index in [1.54, 1.807) is 0 Å². The van der Waals surface area contributed by atoms with Crippen LogP contribution in [0.15, 0.2) is 48.1 Å². The summed E-state index contributed by atoms with van der Waals surface area (Å²) in [6, 6.07) is 9.29. The smallest absolute Gasteiger partial charge is 0.00915 e. The van der Waals surface area contributed by atoms with E-state index in [-0.39, 0.29) is 0 Å². The van der Waals surface area contributed by atoms with Gasteiger partial charge in [0, 0.05) is 0 Å². The predicted octanol–water partition coefficient (Wildman–Crippen LogP) is 4.85. The molecule has 0 aliphatic heterocycles. The lowest BCUT2D eigenvalue weighted by Gasteiger charge is -2.10. The Balaban J connectivity index is 1.56. The quantitative estimate of drug-likeness (QED) is 0.703. The molecule has 0 aromatic heterocycles. The van der Waals surface area contributed by atoms with Crippen LogP contribution in [-0.4, -0.2) is 0 Å². The van der Waals surface area contributed by atoms with Crippen molar-refractivity contribution in [3.05, 3.63) is 59.2 Å². The van der Waals surface area contributed by atoms with Gasteiger partial charge in [-0.1, -0.05) is 68.2 Å². The molecule has 1 aromatic carbocycles. The van der Waals surface area contributed by atoms with Crippen molar-refractivity contribution in [1.29, 1.82) is 0 Å². The third kappa shape index (κ3) is 2.93. The van der Waals surface area contributed by atoms with Crippen LogP contribution in [0.25, 0.3) is 0 Å². The van der Waals surface area contributed by atoms with Gasteiger partial charge in [0.2, 0.25) is 0 Å². The Morgan fingerprint density at radius 1 is 1.00 bits per heavy atom. The van der Waals surface area contributed by atoms with Crippen LogP contribution >= 0.6 is 0 Å². The molecule has 2 aliphatic carbocycles. The minimum Gasteiger partial charge on any atom is -0.0799 e. The maximum Gasteiger partial charge on any atom is -0.00915 e. The van der Waals surface area contributed by atoms with Crippen LogP contribution in [0.4, 0.5) is 0 Å². The first kappa shape index (κ1) is 11.8. The summed E-state index contributed by atoms with van der Waals surface area (Å²) >= 11 is 0. The highest BCUT2D eigenvalue weighted by atomic mass is 14.2. The van der Waals surface area contributed by atoms with E-state index >= 15 is 0 Å². The van der Waals surface area contributed by atoms with E-state index in [0.717, 1.165) is 12.3 Å². The summed E-state index contributed by atoms with van der Waals surface area (Å²) in [5, 5.41) is 0. The monoisotopic (exact) mass is 238 g/mol. The molecule has 3 rings (SSSR count). The summed E-state index contributed by atoms with van der Waals surface area (Å²) in [6.07, 6.45) is 16.1. The molecule has 2 aliphatic rings. The average Bonchev–Trinajstić information content (AvgIpc) is 2.82. The molecule has 1 saturated carbocycles. The van der Waals surface area contributed by atoms with Crippen molar-refractivity contribution in [1.82, 2.24) is 0 Å². The zero-order valence-corrected chi connectivity index (χ0v) is 11.1. The molecule has 0 heteroatoms. The molecule has 18 heavy (non-hydrogen) atoms. The molecule has 0 heterocycles. The minimum atomic E-state index is 0.957. The summed E-state index contributed by atoms with van der Waals surface area (Å²) in [4.78, 5) is 0. The van der Waals surface area contributed by atoms with Crippen LogP contribution in [0.1, 0.15) is 43.2 Å². The maximum atomic E-state index is 2.35. The van der Waals surface area contributed by atoms with Crippen molar-refractivity contribution in [2.75, 3.05) is 0 Å². The van der Waals surface area contributed by atoms with Crippen molar-refractivity contribution in [3.63, 3.8) is 0 Å². The molecule has 1 fully saturated rings. The van der Waals surface area contributed by atoms with Gasteiger partial charge in [-0.05, 0) is 41.9 Å². The van der Waals surface area contributed by atoms with Gasteiger partial charge in [-0.25, -0.2) is 0 Å². The summed E-state index contributed by atoms with van der Waals surface area (Å²) in [7, 11) is 0. The molecule has 0 spiro atoms. The van der Waals surface area contributed by atoms with Gasteiger partial charge in [-0.3, -0.25) is 0 Å². The molecular weight excluding hydrogens is 216 g/mol. The van der Waals surface area contributed by atoms with Crippen LogP contribution < -0.4 is 0 Å². The molecule has 0 bridgehead atoms. The Hall–Kier alpha value is -1.30. The van der Waals surface area contributed by atoms with Gasteiger partial charge in [0.05, 0.1) is 0 Å². The fourth-order valence-corrected chi connectivity index (χ4v) is 3.01. The first-order valence-electron chi connectivity index (χ1n) is 7.33. The van der Waals surface area contributed by atoms with Gasteiger partial charge in [-0.2, -0.15) is 0 Å². The summed E-state index contributed by atoms with van der Waals surface area (Å²) in [5.41, 5.74) is 4.46. The standard InChI is InChI=1S/C18H22/c1-2-5-17(4-1)14-18-12-10-16(11-13-18)9-8-15-6-3-7-15/h3,6,8,10-13,17H,1-2,4-5,7,9,14H2/b15-8-. The fourth-order valence-electron chi connectivity index (χ4n) is 3.01. The van der Waals surface area contributed by atoms with Crippen molar-refractivity contribution in [2.45, 2.75) is 44.9 Å². The molecular formula is C18H22. The van der Waals surface area contributed by atoms with Gasteiger partial charge in [0.15, 0.2) is 0 Å². The van der Waals surface area contributed by atoms with Crippen molar-refractivity contribution in [3.8, 4) is 0 Å². The second-order valence-electron chi connectivity index (χ2n) is 5.76. The number of allylic oxidation sites excluding steroid dienone is 4. The summed E-state index contributed by atoms with van der Waals surface area (Å²) in [5.74, 6) is 0.957. The Morgan fingerprint density at radius 3 is 2.28 bits per heavy atom. The third-order valence-corrected chi connectivity index (χ3v) is 4.31. The largest absolute Gasteiger partial charge is 0.0799 e. The van der Waals surface area contributed by atoms with Crippen molar-refractivity contribution in [2.24, 2.45) is 5.92 Å². The van der Waals surface area contributed by atoms with Crippen LogP contribution in [-0.2, 0) is 12.8 Å². The molecule has 1 aromatic rings. The predicted molar refractivity (Wildman–Crippen MR) is 77.6 cm³/mol. The normalized spacial score (nSPS) is 21.4. The summed E-state index contributed by atoms with van der Waals surface area (Å²) in [6.45, 7) is 0. The van der Waals surface area contributed by atoms with Crippen LogP contribution in [0, 0.1) is 5.92 Å². The van der Waals surface area contributed by atoms with E-state index in [9.17, 15) is 0 Å². The van der Waals surface area contributed by atoms with E-state index in [1.165, 1.54) is 55.2 Å². The van der Waals surface area contributed by atoms with Crippen molar-refractivity contribution >= 4 is 0 Å². The van der Waals surface area contributed by atoms with Gasteiger partial charge >= 0.3 is 0 Å². The highest BCUT2D eigenvalue weighted by Gasteiger charge is 2.14. The van der Waals surface area contributed by atoms with Crippen LogP contribution in [0.5, 0.6) is 0 Å². The molecule has 0 N–H and O–H groups in total. The minimum absolute atomic E-state index is 0.957. The lowest BCUT2D eigenvalue weighted by Crippen LogP contribution is -1.98. The Morgan fingerprint density at radius 2 is 1.67 bits per heavy atom. The molecule has 0 amide bonds. The maximum absolute atomic E-state index is 2.35. The molecule has 0 unspecified atom stereocenters. The highest BCUT2D eigenvalue weighted by Crippen LogP contribution is 2.28. The Kier molecular flexibility index (Phi) is 3.64. The molecule has 0 saturated heterocycles. The number of benzene rings is 1. The van der Waals surface area contributed by atoms with Gasteiger partial charge < -0.3 is 0 Å². The second-order valence-corrected chi connectivity index (χ2v) is 5.76. The first-order chi connectivity index (χ1) is 8.90. The average molecular weight is 238 g/mol. The van der Waals surface area contributed by atoms with E-state index in [2.05, 4.69) is 42.5 Å². The number of hydrogen-bond donors (Lipinski definition) is 0. The lowest BCUT2D eigenvalue weighted by molar-refractivity contribution is 0.546. The number of hydrogen-bond acceptors (Lipinski definition) is 0. The first-order valence-corrected chi connectivity index (χ1v) is 7.33. The molecule has 0 radical (unpaired) electrons. The van der Waals surface area contributed by atoms with E-state index in [4.69, 9.17) is 0 Å². The van der Waals surface area contributed by atoms with Gasteiger partial charge in [-0.15, -0.1) is 0 Å². The second kappa shape index (κ2) is 5.56. The van der Waals surface area contributed by atoms with Crippen LogP contribution in [0.2, 0.25) is 0 Å². The highest BCUT2D eigenvalue weighted by molar-refractivity contribution is 5.33. The lowest BCUT2D eigenvalue weighted by atomic mass is 9.96. The van der Waals surface area contributed by atoms with Gasteiger partial charge in [0.1, 0.15) is 0 Å². The van der Waals surface area contributed by atoms with E-state index in [1.807, 2.05) is 0 Å². The molecule has 0 nitrogen and oxygen atoms in total. The zero-order chi connectivity index (χ0) is 12.2. The fraction of sp³-hybridized carbons (Fsp3) is 0.444. The topological polar surface area (TPSA) is 0 Å².